The lowest BCUT2D eigenvalue weighted by Crippen LogP contribution is -2.05. The maximum atomic E-state index is 13.1. The molecule has 2 aromatic carbocycles. The molecule has 0 bridgehead atoms. The summed E-state index contributed by atoms with van der Waals surface area (Å²) in [7, 11) is 0. The Balaban J connectivity index is 2.00. The zero-order chi connectivity index (χ0) is 17.8. The predicted molar refractivity (Wildman–Crippen MR) is 93.7 cm³/mol. The molecule has 0 unspecified atom stereocenters. The van der Waals surface area contributed by atoms with Crippen LogP contribution in [0.15, 0.2) is 54.7 Å². The molecule has 0 aliphatic rings. The third-order valence-electron chi connectivity index (χ3n) is 3.64. The highest BCUT2D eigenvalue weighted by molar-refractivity contribution is 6.30. The Kier molecular flexibility index (Phi) is 5.14. The van der Waals surface area contributed by atoms with Gasteiger partial charge in [-0.25, -0.2) is 14.2 Å². The standard InChI is InChI=1S/C19H16ClFN2O2/c1-2-25-19(24)17-12-23(16-9-5-14(20)6-10-16)18(22-17)11-13-3-7-15(21)8-4-13/h3-10,12H,2,11H2,1H3. The zero-order valence-electron chi connectivity index (χ0n) is 13.6. The Bertz CT molecular complexity index is 873. The van der Waals surface area contributed by atoms with Gasteiger partial charge in [0.2, 0.25) is 0 Å². The molecule has 0 N–H and O–H groups in total. The van der Waals surface area contributed by atoms with Crippen LogP contribution in [0.1, 0.15) is 28.8 Å². The molecule has 1 aromatic heterocycles. The molecule has 128 valence electrons. The van der Waals surface area contributed by atoms with Crippen molar-refractivity contribution in [3.63, 3.8) is 0 Å². The SMILES string of the molecule is CCOC(=O)c1cn(-c2ccc(Cl)cc2)c(Cc2ccc(F)cc2)n1. The van der Waals surface area contributed by atoms with Crippen LogP contribution >= 0.6 is 11.6 Å². The average Bonchev–Trinajstić information content (AvgIpc) is 3.02. The van der Waals surface area contributed by atoms with Crippen LogP contribution in [0.2, 0.25) is 5.02 Å². The number of halogens is 2. The first kappa shape index (κ1) is 17.2. The van der Waals surface area contributed by atoms with Crippen molar-refractivity contribution in [1.29, 1.82) is 0 Å². The molecule has 0 saturated carbocycles. The van der Waals surface area contributed by atoms with E-state index >= 15 is 0 Å². The van der Waals surface area contributed by atoms with Gasteiger partial charge in [0.05, 0.1) is 6.61 Å². The molecule has 0 saturated heterocycles. The van der Waals surface area contributed by atoms with Gasteiger partial charge in [-0.3, -0.25) is 0 Å². The van der Waals surface area contributed by atoms with Crippen LogP contribution in [-0.2, 0) is 11.2 Å². The molecule has 3 aromatic rings. The summed E-state index contributed by atoms with van der Waals surface area (Å²) in [6.45, 7) is 2.02. The third kappa shape index (κ3) is 4.06. The minimum atomic E-state index is -0.476. The van der Waals surface area contributed by atoms with Crippen LogP contribution in [0, 0.1) is 5.82 Å². The van der Waals surface area contributed by atoms with Crippen molar-refractivity contribution in [3.05, 3.63) is 82.6 Å². The fraction of sp³-hybridized carbons (Fsp3) is 0.158. The van der Waals surface area contributed by atoms with E-state index in [1.807, 2.05) is 16.7 Å². The fourth-order valence-electron chi connectivity index (χ4n) is 2.46. The van der Waals surface area contributed by atoms with Crippen molar-refractivity contribution in [2.24, 2.45) is 0 Å². The summed E-state index contributed by atoms with van der Waals surface area (Å²) in [5.41, 5.74) is 1.94. The second-order valence-electron chi connectivity index (χ2n) is 5.41. The maximum absolute atomic E-state index is 13.1. The number of carbonyl (C=O) groups is 1. The summed E-state index contributed by atoms with van der Waals surface area (Å²) in [5.74, 6) is -0.121. The van der Waals surface area contributed by atoms with Gasteiger partial charge in [0, 0.05) is 23.3 Å². The van der Waals surface area contributed by atoms with E-state index in [-0.39, 0.29) is 18.1 Å². The van der Waals surface area contributed by atoms with Gasteiger partial charge in [-0.05, 0) is 48.9 Å². The average molecular weight is 359 g/mol. The minimum absolute atomic E-state index is 0.230. The van der Waals surface area contributed by atoms with Crippen molar-refractivity contribution >= 4 is 17.6 Å². The highest BCUT2D eigenvalue weighted by atomic mass is 35.5. The van der Waals surface area contributed by atoms with E-state index in [0.717, 1.165) is 11.3 Å². The number of ether oxygens (including phenoxy) is 1. The summed E-state index contributed by atoms with van der Waals surface area (Å²) >= 11 is 5.95. The first-order valence-corrected chi connectivity index (χ1v) is 8.20. The largest absolute Gasteiger partial charge is 0.461 e. The topological polar surface area (TPSA) is 44.1 Å². The predicted octanol–water partition coefficient (Wildman–Crippen LogP) is 4.43. The second kappa shape index (κ2) is 7.49. The van der Waals surface area contributed by atoms with Gasteiger partial charge in [-0.1, -0.05) is 23.7 Å². The molecule has 6 heteroatoms. The fourth-order valence-corrected chi connectivity index (χ4v) is 2.58. The lowest BCUT2D eigenvalue weighted by molar-refractivity contribution is 0.0520. The highest BCUT2D eigenvalue weighted by Gasteiger charge is 2.16. The van der Waals surface area contributed by atoms with Crippen molar-refractivity contribution in [2.45, 2.75) is 13.3 Å². The van der Waals surface area contributed by atoms with Crippen LogP contribution in [0.25, 0.3) is 5.69 Å². The number of esters is 1. The van der Waals surface area contributed by atoms with Crippen LogP contribution in [0.4, 0.5) is 4.39 Å². The van der Waals surface area contributed by atoms with E-state index in [2.05, 4.69) is 4.98 Å². The molecule has 0 atom stereocenters. The molecule has 4 nitrogen and oxygen atoms in total. The van der Waals surface area contributed by atoms with E-state index in [9.17, 15) is 9.18 Å². The molecule has 0 fully saturated rings. The number of rotatable bonds is 5. The van der Waals surface area contributed by atoms with E-state index in [4.69, 9.17) is 16.3 Å². The van der Waals surface area contributed by atoms with E-state index in [0.29, 0.717) is 17.3 Å². The quantitative estimate of drug-likeness (QED) is 0.634. The maximum Gasteiger partial charge on any atom is 0.358 e. The summed E-state index contributed by atoms with van der Waals surface area (Å²) in [6, 6.07) is 13.4. The third-order valence-corrected chi connectivity index (χ3v) is 3.90. The molecule has 0 spiro atoms. The number of aromatic nitrogens is 2. The highest BCUT2D eigenvalue weighted by Crippen LogP contribution is 2.19. The Morgan fingerprint density at radius 2 is 1.84 bits per heavy atom. The van der Waals surface area contributed by atoms with Crippen LogP contribution in [0.5, 0.6) is 0 Å². The number of nitrogens with zero attached hydrogens (tertiary/aromatic N) is 2. The number of hydrogen-bond acceptors (Lipinski definition) is 3. The molecule has 0 aliphatic heterocycles. The van der Waals surface area contributed by atoms with Gasteiger partial charge in [-0.15, -0.1) is 0 Å². The van der Waals surface area contributed by atoms with Crippen molar-refractivity contribution in [3.8, 4) is 5.69 Å². The Morgan fingerprint density at radius 3 is 2.48 bits per heavy atom. The normalized spacial score (nSPS) is 10.7. The molecular formula is C19H16ClFN2O2. The van der Waals surface area contributed by atoms with Crippen LogP contribution < -0.4 is 0 Å². The van der Waals surface area contributed by atoms with E-state index < -0.39 is 5.97 Å². The molecule has 0 amide bonds. The van der Waals surface area contributed by atoms with Gasteiger partial charge in [0.25, 0.3) is 0 Å². The lowest BCUT2D eigenvalue weighted by atomic mass is 10.1. The first-order chi connectivity index (χ1) is 12.1. The van der Waals surface area contributed by atoms with Gasteiger partial charge in [0.1, 0.15) is 11.6 Å². The van der Waals surface area contributed by atoms with Gasteiger partial charge in [0.15, 0.2) is 5.69 Å². The molecule has 0 radical (unpaired) electrons. The van der Waals surface area contributed by atoms with E-state index in [1.54, 1.807) is 37.4 Å². The molecule has 0 aliphatic carbocycles. The van der Waals surface area contributed by atoms with Crippen molar-refractivity contribution in [1.82, 2.24) is 9.55 Å². The second-order valence-corrected chi connectivity index (χ2v) is 5.85. The monoisotopic (exact) mass is 358 g/mol. The number of hydrogen-bond donors (Lipinski definition) is 0. The molecule has 1 heterocycles. The van der Waals surface area contributed by atoms with E-state index in [1.165, 1.54) is 12.1 Å². The van der Waals surface area contributed by atoms with Crippen molar-refractivity contribution in [2.75, 3.05) is 6.61 Å². The number of benzene rings is 2. The molecule has 25 heavy (non-hydrogen) atoms. The Hall–Kier alpha value is -2.66. The summed E-state index contributed by atoms with van der Waals surface area (Å²) in [5, 5.41) is 0.620. The number of imidazole rings is 1. The minimum Gasteiger partial charge on any atom is -0.461 e. The summed E-state index contributed by atoms with van der Waals surface area (Å²) < 4.78 is 20.0. The lowest BCUT2D eigenvalue weighted by Gasteiger charge is -2.08. The van der Waals surface area contributed by atoms with Crippen molar-refractivity contribution < 1.29 is 13.9 Å². The first-order valence-electron chi connectivity index (χ1n) is 7.82. The van der Waals surface area contributed by atoms with Crippen LogP contribution in [-0.4, -0.2) is 22.1 Å². The number of carbonyl (C=O) groups excluding carboxylic acids is 1. The van der Waals surface area contributed by atoms with Gasteiger partial charge in [-0.2, -0.15) is 0 Å². The van der Waals surface area contributed by atoms with Gasteiger partial charge < -0.3 is 9.30 Å². The Morgan fingerprint density at radius 1 is 1.16 bits per heavy atom. The Labute approximate surface area is 149 Å². The molecular weight excluding hydrogens is 343 g/mol. The van der Waals surface area contributed by atoms with Gasteiger partial charge >= 0.3 is 5.97 Å². The molecule has 3 rings (SSSR count). The zero-order valence-corrected chi connectivity index (χ0v) is 14.3. The smallest absolute Gasteiger partial charge is 0.358 e. The summed E-state index contributed by atoms with van der Waals surface area (Å²) in [6.07, 6.45) is 2.09. The van der Waals surface area contributed by atoms with Crippen LogP contribution in [0.3, 0.4) is 0 Å². The summed E-state index contributed by atoms with van der Waals surface area (Å²) in [4.78, 5) is 16.4.